The molecule has 1 aliphatic carbocycles. The van der Waals surface area contributed by atoms with Gasteiger partial charge in [0.05, 0.1) is 6.07 Å². The number of carbonyl (C=O) groups excluding carboxylic acids is 1. The molecule has 0 aromatic carbocycles. The molecule has 2 atom stereocenters. The largest absolute Gasteiger partial charge is 0.369 e. The first-order valence-corrected chi connectivity index (χ1v) is 3.90. The summed E-state index contributed by atoms with van der Waals surface area (Å²) in [6.45, 7) is 0. The topological polar surface area (TPSA) is 66.9 Å². The van der Waals surface area contributed by atoms with Crippen molar-refractivity contribution in [1.82, 2.24) is 0 Å². The van der Waals surface area contributed by atoms with E-state index in [1.165, 1.54) is 0 Å². The number of nitriles is 1. The minimum Gasteiger partial charge on any atom is -0.369 e. The standard InChI is InChI=1S/C8H12N2O/c9-4-3-6-1-2-7(5-6)8(10)11/h6-7H,1-3,5H2,(H2,10,11)/t6-,7-/m1/s1. The summed E-state index contributed by atoms with van der Waals surface area (Å²) in [4.78, 5) is 10.7. The molecule has 1 amide bonds. The number of carbonyl (C=O) groups is 1. The van der Waals surface area contributed by atoms with Gasteiger partial charge in [0, 0.05) is 12.3 Å². The van der Waals surface area contributed by atoms with Gasteiger partial charge < -0.3 is 5.73 Å². The summed E-state index contributed by atoms with van der Waals surface area (Å²) < 4.78 is 0. The van der Waals surface area contributed by atoms with Gasteiger partial charge in [-0.05, 0) is 25.2 Å². The SMILES string of the molecule is N#CC[C@H]1CC[C@@H](C(N)=O)C1. The molecule has 11 heavy (non-hydrogen) atoms. The van der Waals surface area contributed by atoms with Gasteiger partial charge in [-0.3, -0.25) is 4.79 Å². The quantitative estimate of drug-likeness (QED) is 0.636. The van der Waals surface area contributed by atoms with E-state index >= 15 is 0 Å². The Morgan fingerprint density at radius 1 is 1.64 bits per heavy atom. The Labute approximate surface area is 66.2 Å². The Morgan fingerprint density at radius 2 is 2.36 bits per heavy atom. The number of rotatable bonds is 2. The fraction of sp³-hybridized carbons (Fsp3) is 0.750. The number of nitrogens with two attached hydrogens (primary N) is 1. The van der Waals surface area contributed by atoms with Crippen LogP contribution in [0.15, 0.2) is 0 Å². The van der Waals surface area contributed by atoms with Crippen molar-refractivity contribution in [1.29, 1.82) is 5.26 Å². The molecule has 0 spiro atoms. The van der Waals surface area contributed by atoms with E-state index in [9.17, 15) is 4.79 Å². The summed E-state index contributed by atoms with van der Waals surface area (Å²) in [5.41, 5.74) is 5.13. The van der Waals surface area contributed by atoms with Gasteiger partial charge in [0.15, 0.2) is 0 Å². The molecule has 3 nitrogen and oxygen atoms in total. The maximum Gasteiger partial charge on any atom is 0.220 e. The van der Waals surface area contributed by atoms with Gasteiger partial charge in [0.1, 0.15) is 0 Å². The highest BCUT2D eigenvalue weighted by Gasteiger charge is 2.27. The van der Waals surface area contributed by atoms with E-state index in [-0.39, 0.29) is 11.8 Å². The Morgan fingerprint density at radius 3 is 2.82 bits per heavy atom. The third-order valence-electron chi connectivity index (χ3n) is 2.32. The minimum absolute atomic E-state index is 0.0355. The van der Waals surface area contributed by atoms with Crippen molar-refractivity contribution < 1.29 is 4.79 Å². The van der Waals surface area contributed by atoms with Gasteiger partial charge in [-0.2, -0.15) is 5.26 Å². The van der Waals surface area contributed by atoms with Crippen LogP contribution in [0.5, 0.6) is 0 Å². The molecule has 2 N–H and O–H groups in total. The Balaban J connectivity index is 2.36. The van der Waals surface area contributed by atoms with Gasteiger partial charge in [-0.1, -0.05) is 0 Å². The second-order valence-corrected chi connectivity index (χ2v) is 3.14. The van der Waals surface area contributed by atoms with Crippen LogP contribution in [0.25, 0.3) is 0 Å². The molecule has 1 saturated carbocycles. The maximum absolute atomic E-state index is 10.7. The van der Waals surface area contributed by atoms with E-state index in [0.29, 0.717) is 12.3 Å². The lowest BCUT2D eigenvalue weighted by atomic mass is 10.0. The normalized spacial score (nSPS) is 29.7. The third-order valence-corrected chi connectivity index (χ3v) is 2.32. The molecule has 0 saturated heterocycles. The lowest BCUT2D eigenvalue weighted by Crippen LogP contribution is -2.20. The van der Waals surface area contributed by atoms with E-state index in [2.05, 4.69) is 6.07 Å². The molecule has 0 aromatic heterocycles. The molecule has 0 bridgehead atoms. The van der Waals surface area contributed by atoms with Crippen molar-refractivity contribution in [2.45, 2.75) is 25.7 Å². The lowest BCUT2D eigenvalue weighted by Gasteiger charge is -2.03. The van der Waals surface area contributed by atoms with Crippen LogP contribution < -0.4 is 5.73 Å². The van der Waals surface area contributed by atoms with Crippen molar-refractivity contribution in [3.05, 3.63) is 0 Å². The highest BCUT2D eigenvalue weighted by atomic mass is 16.1. The van der Waals surface area contributed by atoms with Crippen molar-refractivity contribution in [2.24, 2.45) is 17.6 Å². The summed E-state index contributed by atoms with van der Waals surface area (Å²) in [6, 6.07) is 2.12. The molecule has 3 heteroatoms. The van der Waals surface area contributed by atoms with Gasteiger partial charge in [-0.25, -0.2) is 0 Å². The molecule has 1 aliphatic rings. The molecule has 0 heterocycles. The molecule has 0 aliphatic heterocycles. The summed E-state index contributed by atoms with van der Waals surface area (Å²) in [6.07, 6.45) is 3.26. The second-order valence-electron chi connectivity index (χ2n) is 3.14. The zero-order valence-corrected chi connectivity index (χ0v) is 6.42. The van der Waals surface area contributed by atoms with Gasteiger partial charge in [0.2, 0.25) is 5.91 Å². The van der Waals surface area contributed by atoms with Crippen LogP contribution in [0.3, 0.4) is 0 Å². The monoisotopic (exact) mass is 152 g/mol. The fourth-order valence-electron chi connectivity index (χ4n) is 1.65. The number of amides is 1. The average molecular weight is 152 g/mol. The van der Waals surface area contributed by atoms with E-state index in [1.807, 2.05) is 0 Å². The highest BCUT2D eigenvalue weighted by Crippen LogP contribution is 2.32. The molecule has 1 fully saturated rings. The smallest absolute Gasteiger partial charge is 0.220 e. The van der Waals surface area contributed by atoms with E-state index < -0.39 is 0 Å². The minimum atomic E-state index is -0.203. The Hall–Kier alpha value is -1.04. The number of hydrogen-bond donors (Lipinski definition) is 1. The van der Waals surface area contributed by atoms with Gasteiger partial charge >= 0.3 is 0 Å². The van der Waals surface area contributed by atoms with Gasteiger partial charge in [0.25, 0.3) is 0 Å². The zero-order chi connectivity index (χ0) is 8.27. The number of primary amides is 1. The van der Waals surface area contributed by atoms with Crippen LogP contribution >= 0.6 is 0 Å². The Kier molecular flexibility index (Phi) is 2.48. The lowest BCUT2D eigenvalue weighted by molar-refractivity contribution is -0.121. The van der Waals surface area contributed by atoms with E-state index in [0.717, 1.165) is 19.3 Å². The first kappa shape index (κ1) is 8.06. The third kappa shape index (κ3) is 1.94. The first-order valence-electron chi connectivity index (χ1n) is 3.90. The van der Waals surface area contributed by atoms with E-state index in [1.54, 1.807) is 0 Å². The maximum atomic E-state index is 10.7. The predicted molar refractivity (Wildman–Crippen MR) is 40.3 cm³/mol. The van der Waals surface area contributed by atoms with Crippen LogP contribution in [0.1, 0.15) is 25.7 Å². The van der Waals surface area contributed by atoms with Crippen molar-refractivity contribution in [2.75, 3.05) is 0 Å². The van der Waals surface area contributed by atoms with E-state index in [4.69, 9.17) is 11.0 Å². The average Bonchev–Trinajstić information content (AvgIpc) is 2.37. The summed E-state index contributed by atoms with van der Waals surface area (Å²) in [5.74, 6) is 0.247. The second kappa shape index (κ2) is 3.38. The summed E-state index contributed by atoms with van der Waals surface area (Å²) in [7, 11) is 0. The van der Waals surface area contributed by atoms with Crippen molar-refractivity contribution in [3.8, 4) is 6.07 Å². The van der Waals surface area contributed by atoms with Gasteiger partial charge in [-0.15, -0.1) is 0 Å². The fourth-order valence-corrected chi connectivity index (χ4v) is 1.65. The molecule has 0 aromatic rings. The summed E-state index contributed by atoms with van der Waals surface area (Å²) >= 11 is 0. The number of nitrogens with zero attached hydrogens (tertiary/aromatic N) is 1. The number of hydrogen-bond acceptors (Lipinski definition) is 2. The van der Waals surface area contributed by atoms with Crippen LogP contribution in [0.2, 0.25) is 0 Å². The van der Waals surface area contributed by atoms with Crippen molar-refractivity contribution in [3.63, 3.8) is 0 Å². The van der Waals surface area contributed by atoms with Crippen LogP contribution in [-0.4, -0.2) is 5.91 Å². The van der Waals surface area contributed by atoms with Crippen molar-refractivity contribution >= 4 is 5.91 Å². The molecule has 0 unspecified atom stereocenters. The molecular formula is C8H12N2O. The Bertz CT molecular complexity index is 195. The van der Waals surface area contributed by atoms with Crippen LogP contribution in [-0.2, 0) is 4.79 Å². The molecule has 60 valence electrons. The van der Waals surface area contributed by atoms with Crippen LogP contribution in [0, 0.1) is 23.2 Å². The summed E-state index contributed by atoms with van der Waals surface area (Å²) in [5, 5.41) is 8.39. The molecular weight excluding hydrogens is 140 g/mol. The predicted octanol–water partition coefficient (Wildman–Crippen LogP) is 0.802. The first-order chi connectivity index (χ1) is 5.24. The highest BCUT2D eigenvalue weighted by molar-refractivity contribution is 5.76. The van der Waals surface area contributed by atoms with Crippen LogP contribution in [0.4, 0.5) is 0 Å². The molecule has 0 radical (unpaired) electrons. The zero-order valence-electron chi connectivity index (χ0n) is 6.42. The molecule has 1 rings (SSSR count).